The predicted molar refractivity (Wildman–Crippen MR) is 97.5 cm³/mol. The Morgan fingerprint density at radius 3 is 2.72 bits per heavy atom. The summed E-state index contributed by atoms with van der Waals surface area (Å²) in [5.74, 6) is 0.878. The van der Waals surface area contributed by atoms with Gasteiger partial charge in [0.15, 0.2) is 0 Å². The zero-order valence-electron chi connectivity index (χ0n) is 14.4. The van der Waals surface area contributed by atoms with E-state index in [1.54, 1.807) is 6.07 Å². The van der Waals surface area contributed by atoms with Gasteiger partial charge in [0, 0.05) is 37.1 Å². The molecule has 1 aromatic heterocycles. The van der Waals surface area contributed by atoms with E-state index in [0.29, 0.717) is 24.7 Å². The molecule has 1 heterocycles. The molecule has 0 fully saturated rings. The Morgan fingerprint density at radius 1 is 1.12 bits per heavy atom. The first-order chi connectivity index (χ1) is 12.1. The van der Waals surface area contributed by atoms with Crippen molar-refractivity contribution in [3.63, 3.8) is 0 Å². The van der Waals surface area contributed by atoms with Gasteiger partial charge >= 0.3 is 6.03 Å². The Labute approximate surface area is 146 Å². The van der Waals surface area contributed by atoms with Gasteiger partial charge in [0.2, 0.25) is 5.95 Å². The quantitative estimate of drug-likeness (QED) is 0.552. The summed E-state index contributed by atoms with van der Waals surface area (Å²) in [6, 6.07) is 7.20. The van der Waals surface area contributed by atoms with Gasteiger partial charge in [0.05, 0.1) is 0 Å². The molecule has 0 radical (unpaired) electrons. The standard InChI is InChI=1S/C17H23FN6O/c1-3-7-19-15-10-12(2)22-16(24-15)20-8-9-21-17(25)23-14-6-4-5-13(18)11-14/h4-6,10-11H,3,7-9H2,1-2H3,(H2,21,23,25)(H2,19,20,22,24). The normalized spacial score (nSPS) is 10.2. The van der Waals surface area contributed by atoms with Crippen LogP contribution >= 0.6 is 0 Å². The van der Waals surface area contributed by atoms with Crippen LogP contribution < -0.4 is 21.3 Å². The van der Waals surface area contributed by atoms with E-state index >= 15 is 0 Å². The van der Waals surface area contributed by atoms with E-state index in [1.165, 1.54) is 18.2 Å². The number of aromatic nitrogens is 2. The summed E-state index contributed by atoms with van der Waals surface area (Å²) in [6.07, 6.45) is 1.01. The molecule has 0 spiro atoms. The maximum atomic E-state index is 13.1. The van der Waals surface area contributed by atoms with Crippen LogP contribution in [-0.4, -0.2) is 35.6 Å². The second-order valence-corrected chi connectivity index (χ2v) is 5.46. The number of hydrogen-bond donors (Lipinski definition) is 4. The number of aryl methyl sites for hydroxylation is 1. The van der Waals surface area contributed by atoms with Crippen LogP contribution in [0.25, 0.3) is 0 Å². The highest BCUT2D eigenvalue weighted by molar-refractivity contribution is 5.89. The highest BCUT2D eigenvalue weighted by Gasteiger charge is 2.04. The lowest BCUT2D eigenvalue weighted by Gasteiger charge is -2.10. The van der Waals surface area contributed by atoms with Crippen LogP contribution in [0.4, 0.5) is 26.6 Å². The minimum absolute atomic E-state index is 0.371. The molecular formula is C17H23FN6O. The lowest BCUT2D eigenvalue weighted by atomic mass is 10.3. The van der Waals surface area contributed by atoms with Crippen LogP contribution in [0.1, 0.15) is 19.0 Å². The Morgan fingerprint density at radius 2 is 1.96 bits per heavy atom. The van der Waals surface area contributed by atoms with Crippen molar-refractivity contribution in [3.05, 3.63) is 41.8 Å². The maximum absolute atomic E-state index is 13.1. The van der Waals surface area contributed by atoms with E-state index in [2.05, 4.69) is 38.2 Å². The Kier molecular flexibility index (Phi) is 6.94. The Balaban J connectivity index is 1.75. The smallest absolute Gasteiger partial charge is 0.319 e. The van der Waals surface area contributed by atoms with Crippen molar-refractivity contribution < 1.29 is 9.18 Å². The largest absolute Gasteiger partial charge is 0.370 e. The second-order valence-electron chi connectivity index (χ2n) is 5.46. The molecule has 0 bridgehead atoms. The van der Waals surface area contributed by atoms with Crippen LogP contribution in [0.3, 0.4) is 0 Å². The molecule has 7 nitrogen and oxygen atoms in total. The van der Waals surface area contributed by atoms with Crippen molar-refractivity contribution in [1.82, 2.24) is 15.3 Å². The molecule has 2 amide bonds. The fourth-order valence-electron chi connectivity index (χ4n) is 2.08. The van der Waals surface area contributed by atoms with E-state index in [0.717, 1.165) is 24.5 Å². The molecule has 4 N–H and O–H groups in total. The molecule has 134 valence electrons. The summed E-state index contributed by atoms with van der Waals surface area (Å²) in [4.78, 5) is 20.4. The summed E-state index contributed by atoms with van der Waals surface area (Å²) in [6.45, 7) is 5.66. The summed E-state index contributed by atoms with van der Waals surface area (Å²) in [5, 5.41) is 11.5. The van der Waals surface area contributed by atoms with Gasteiger partial charge in [-0.1, -0.05) is 13.0 Å². The lowest BCUT2D eigenvalue weighted by Crippen LogP contribution is -2.32. The molecule has 0 saturated heterocycles. The third-order valence-corrected chi connectivity index (χ3v) is 3.19. The number of amides is 2. The average Bonchev–Trinajstić information content (AvgIpc) is 2.56. The molecule has 25 heavy (non-hydrogen) atoms. The number of carbonyl (C=O) groups is 1. The van der Waals surface area contributed by atoms with E-state index in [-0.39, 0.29) is 0 Å². The fourth-order valence-corrected chi connectivity index (χ4v) is 2.08. The van der Waals surface area contributed by atoms with Crippen LogP contribution in [0.15, 0.2) is 30.3 Å². The number of rotatable bonds is 8. The molecule has 0 unspecified atom stereocenters. The molecule has 8 heteroatoms. The zero-order chi connectivity index (χ0) is 18.1. The van der Waals surface area contributed by atoms with Crippen molar-refractivity contribution in [2.24, 2.45) is 0 Å². The molecule has 2 aromatic rings. The highest BCUT2D eigenvalue weighted by atomic mass is 19.1. The number of nitrogens with zero attached hydrogens (tertiary/aromatic N) is 2. The summed E-state index contributed by atoms with van der Waals surface area (Å²) in [5.41, 5.74) is 1.26. The van der Waals surface area contributed by atoms with Crippen LogP contribution in [0.2, 0.25) is 0 Å². The van der Waals surface area contributed by atoms with Crippen LogP contribution in [0.5, 0.6) is 0 Å². The summed E-state index contributed by atoms with van der Waals surface area (Å²) >= 11 is 0. The lowest BCUT2D eigenvalue weighted by molar-refractivity contribution is 0.252. The number of hydrogen-bond acceptors (Lipinski definition) is 5. The monoisotopic (exact) mass is 346 g/mol. The number of nitrogens with one attached hydrogen (secondary N) is 4. The molecule has 0 aliphatic rings. The number of anilines is 3. The number of carbonyl (C=O) groups excluding carboxylic acids is 1. The SMILES string of the molecule is CCCNc1cc(C)nc(NCCNC(=O)Nc2cccc(F)c2)n1. The van der Waals surface area contributed by atoms with Gasteiger partial charge in [-0.25, -0.2) is 14.2 Å². The van der Waals surface area contributed by atoms with Gasteiger partial charge in [0.1, 0.15) is 11.6 Å². The van der Waals surface area contributed by atoms with Gasteiger partial charge in [-0.05, 0) is 31.5 Å². The first-order valence-corrected chi connectivity index (χ1v) is 8.20. The van der Waals surface area contributed by atoms with Gasteiger partial charge in [-0.15, -0.1) is 0 Å². The van der Waals surface area contributed by atoms with Crippen LogP contribution in [-0.2, 0) is 0 Å². The zero-order valence-corrected chi connectivity index (χ0v) is 14.4. The third-order valence-electron chi connectivity index (χ3n) is 3.19. The first-order valence-electron chi connectivity index (χ1n) is 8.20. The number of benzene rings is 1. The maximum Gasteiger partial charge on any atom is 0.319 e. The average molecular weight is 346 g/mol. The minimum atomic E-state index is -0.400. The Hall–Kier alpha value is -2.90. The number of halogens is 1. The Bertz CT molecular complexity index is 709. The molecule has 2 rings (SSSR count). The van der Waals surface area contributed by atoms with Gasteiger partial charge in [0.25, 0.3) is 0 Å². The van der Waals surface area contributed by atoms with Crippen LogP contribution in [0, 0.1) is 12.7 Å². The summed E-state index contributed by atoms with van der Waals surface area (Å²) in [7, 11) is 0. The van der Waals surface area contributed by atoms with Gasteiger partial charge < -0.3 is 21.3 Å². The summed E-state index contributed by atoms with van der Waals surface area (Å²) < 4.78 is 13.1. The van der Waals surface area contributed by atoms with E-state index in [1.807, 2.05) is 13.0 Å². The van der Waals surface area contributed by atoms with Gasteiger partial charge in [-0.3, -0.25) is 0 Å². The molecule has 0 atom stereocenters. The highest BCUT2D eigenvalue weighted by Crippen LogP contribution is 2.10. The van der Waals surface area contributed by atoms with E-state index < -0.39 is 11.8 Å². The molecular weight excluding hydrogens is 323 g/mol. The van der Waals surface area contributed by atoms with Crippen molar-refractivity contribution in [3.8, 4) is 0 Å². The fraction of sp³-hybridized carbons (Fsp3) is 0.353. The van der Waals surface area contributed by atoms with Crippen molar-refractivity contribution >= 4 is 23.5 Å². The van der Waals surface area contributed by atoms with Crippen molar-refractivity contribution in [2.75, 3.05) is 35.6 Å². The third kappa shape index (κ3) is 6.62. The molecule has 1 aromatic carbocycles. The number of urea groups is 1. The second kappa shape index (κ2) is 9.41. The van der Waals surface area contributed by atoms with Gasteiger partial charge in [-0.2, -0.15) is 4.98 Å². The topological polar surface area (TPSA) is 91.0 Å². The first kappa shape index (κ1) is 18.4. The van der Waals surface area contributed by atoms with E-state index in [4.69, 9.17) is 0 Å². The molecule has 0 saturated carbocycles. The van der Waals surface area contributed by atoms with E-state index in [9.17, 15) is 9.18 Å². The van der Waals surface area contributed by atoms with Crippen molar-refractivity contribution in [2.45, 2.75) is 20.3 Å². The molecule has 0 aliphatic heterocycles. The molecule has 0 aliphatic carbocycles. The van der Waals surface area contributed by atoms with Crippen molar-refractivity contribution in [1.29, 1.82) is 0 Å². The predicted octanol–water partition coefficient (Wildman–Crippen LogP) is 2.98. The minimum Gasteiger partial charge on any atom is -0.370 e.